The quantitative estimate of drug-likeness (QED) is 0.145. The second kappa shape index (κ2) is 15.0. The van der Waals surface area contributed by atoms with Crippen LogP contribution in [0.15, 0.2) is 237 Å². The zero-order valence-electron chi connectivity index (χ0n) is 33.9. The van der Waals surface area contributed by atoms with Crippen molar-refractivity contribution in [3.63, 3.8) is 0 Å². The van der Waals surface area contributed by atoms with E-state index in [0.717, 1.165) is 17.1 Å². The Hall–Kier alpha value is -7.78. The van der Waals surface area contributed by atoms with Gasteiger partial charge in [0.15, 0.2) is 0 Å². The molecule has 0 unspecified atom stereocenters. The third-order valence-corrected chi connectivity index (χ3v) is 13.7. The summed E-state index contributed by atoms with van der Waals surface area (Å²) in [6, 6.07) is 86.5. The van der Waals surface area contributed by atoms with Crippen molar-refractivity contribution in [2.24, 2.45) is 0 Å². The van der Waals surface area contributed by atoms with Gasteiger partial charge < -0.3 is 4.90 Å². The van der Waals surface area contributed by atoms with E-state index in [2.05, 4.69) is 241 Å². The summed E-state index contributed by atoms with van der Waals surface area (Å²) in [5, 5.41) is 10.3. The van der Waals surface area contributed by atoms with Gasteiger partial charge in [-0.25, -0.2) is 0 Å². The number of hydrogen-bond donors (Lipinski definition) is 0. The first-order chi connectivity index (χ1) is 30.7. The van der Waals surface area contributed by atoms with Crippen LogP contribution in [0.5, 0.6) is 0 Å². The minimum absolute atomic E-state index is 1.10. The summed E-state index contributed by atoms with van der Waals surface area (Å²) in [6.07, 6.45) is 0. The highest BCUT2D eigenvalue weighted by molar-refractivity contribution is 7.26. The van der Waals surface area contributed by atoms with Gasteiger partial charge in [0, 0.05) is 37.2 Å². The summed E-state index contributed by atoms with van der Waals surface area (Å²) in [6.45, 7) is 0. The monoisotopic (exact) mass is 805 g/mol. The van der Waals surface area contributed by atoms with Crippen molar-refractivity contribution in [2.75, 3.05) is 4.90 Å². The molecule has 0 spiro atoms. The molecule has 0 N–H and O–H groups in total. The van der Waals surface area contributed by atoms with Crippen LogP contribution in [0.25, 0.3) is 97.0 Å². The highest BCUT2D eigenvalue weighted by Gasteiger charge is 2.16. The van der Waals surface area contributed by atoms with Crippen molar-refractivity contribution in [1.29, 1.82) is 0 Å². The topological polar surface area (TPSA) is 3.24 Å². The van der Waals surface area contributed by atoms with Gasteiger partial charge in [0.05, 0.1) is 0 Å². The van der Waals surface area contributed by atoms with Gasteiger partial charge in [-0.3, -0.25) is 0 Å². The summed E-state index contributed by atoms with van der Waals surface area (Å²) < 4.78 is 2.68. The molecule has 0 aliphatic heterocycles. The molecule has 0 aliphatic rings. The van der Waals surface area contributed by atoms with Crippen molar-refractivity contribution in [3.05, 3.63) is 237 Å². The molecule has 1 heterocycles. The Morgan fingerprint density at radius 1 is 0.242 bits per heavy atom. The van der Waals surface area contributed by atoms with Crippen LogP contribution in [0.4, 0.5) is 17.1 Å². The third kappa shape index (κ3) is 6.24. The van der Waals surface area contributed by atoms with E-state index in [-0.39, 0.29) is 0 Å². The van der Waals surface area contributed by atoms with Gasteiger partial charge in [0.25, 0.3) is 0 Å². The molecule has 0 bridgehead atoms. The SMILES string of the molecule is c1ccc(-c2ccc(N(c3ccc(-c4ccccc4)cc3)c3ccc(-c4ccc5c6ccc(-c7cccc8c7sc7ccccc78)cc6c6ccccc6c5c4)cc3)cc2)cc1. The Kier molecular flexibility index (Phi) is 8.76. The Labute approximate surface area is 365 Å². The molecule has 0 radical (unpaired) electrons. The molecule has 62 heavy (non-hydrogen) atoms. The normalized spacial score (nSPS) is 11.5. The fourth-order valence-corrected chi connectivity index (χ4v) is 10.6. The van der Waals surface area contributed by atoms with E-state index in [1.54, 1.807) is 0 Å². The van der Waals surface area contributed by atoms with Gasteiger partial charge in [-0.1, -0.05) is 182 Å². The molecule has 1 aromatic heterocycles. The number of nitrogens with zero attached hydrogens (tertiary/aromatic N) is 1. The van der Waals surface area contributed by atoms with Crippen LogP contribution in [-0.4, -0.2) is 0 Å². The van der Waals surface area contributed by atoms with Crippen LogP contribution in [0.2, 0.25) is 0 Å². The largest absolute Gasteiger partial charge is 0.311 e. The predicted molar refractivity (Wildman–Crippen MR) is 268 cm³/mol. The van der Waals surface area contributed by atoms with Crippen LogP contribution in [-0.2, 0) is 0 Å². The third-order valence-electron chi connectivity index (χ3n) is 12.5. The van der Waals surface area contributed by atoms with Gasteiger partial charge in [0.2, 0.25) is 0 Å². The predicted octanol–water partition coefficient (Wildman–Crippen LogP) is 17.7. The van der Waals surface area contributed by atoms with Crippen molar-refractivity contribution in [1.82, 2.24) is 0 Å². The first kappa shape index (κ1) is 36.1. The van der Waals surface area contributed by atoms with Crippen LogP contribution >= 0.6 is 11.3 Å². The summed E-state index contributed by atoms with van der Waals surface area (Å²) in [4.78, 5) is 2.35. The number of rotatable bonds is 7. The van der Waals surface area contributed by atoms with Gasteiger partial charge in [-0.15, -0.1) is 11.3 Å². The lowest BCUT2D eigenvalue weighted by Gasteiger charge is -2.26. The number of anilines is 3. The van der Waals surface area contributed by atoms with Crippen LogP contribution in [0, 0.1) is 0 Å². The molecule has 0 fully saturated rings. The molecule has 12 aromatic rings. The number of hydrogen-bond acceptors (Lipinski definition) is 2. The van der Waals surface area contributed by atoms with Crippen LogP contribution in [0.1, 0.15) is 0 Å². The molecule has 0 amide bonds. The highest BCUT2D eigenvalue weighted by atomic mass is 32.1. The minimum Gasteiger partial charge on any atom is -0.311 e. The second-order valence-electron chi connectivity index (χ2n) is 16.1. The second-order valence-corrected chi connectivity index (χ2v) is 17.1. The number of thiophene rings is 1. The first-order valence-electron chi connectivity index (χ1n) is 21.2. The number of benzene rings is 11. The lowest BCUT2D eigenvalue weighted by molar-refractivity contribution is 1.28. The average molecular weight is 806 g/mol. The molecule has 2 heteroatoms. The number of fused-ring (bicyclic) bond motifs is 9. The van der Waals surface area contributed by atoms with Crippen molar-refractivity contribution < 1.29 is 0 Å². The summed E-state index contributed by atoms with van der Waals surface area (Å²) >= 11 is 1.89. The molecule has 11 aromatic carbocycles. The lowest BCUT2D eigenvalue weighted by Crippen LogP contribution is -2.09. The fraction of sp³-hybridized carbons (Fsp3) is 0. The fourth-order valence-electron chi connectivity index (χ4n) is 9.40. The Morgan fingerprint density at radius 2 is 0.629 bits per heavy atom. The van der Waals surface area contributed by atoms with E-state index in [4.69, 9.17) is 0 Å². The molecular weight excluding hydrogens is 767 g/mol. The Bertz CT molecular complexity index is 3490. The van der Waals surface area contributed by atoms with Crippen molar-refractivity contribution in [3.8, 4) is 44.5 Å². The first-order valence-corrected chi connectivity index (χ1v) is 22.1. The van der Waals surface area contributed by atoms with E-state index in [0.29, 0.717) is 0 Å². The average Bonchev–Trinajstić information content (AvgIpc) is 3.74. The molecule has 0 atom stereocenters. The van der Waals surface area contributed by atoms with E-state index in [1.807, 2.05) is 11.3 Å². The van der Waals surface area contributed by atoms with E-state index < -0.39 is 0 Å². The van der Waals surface area contributed by atoms with Crippen molar-refractivity contribution >= 4 is 80.9 Å². The standard InChI is InChI=1S/C60H39NS/c1-3-12-40(13-4-1)42-22-30-47(31-23-42)61(48-32-24-43(25-33-48)41-14-5-2-6-15-41)49-34-26-44(27-35-49)45-28-36-53-54-37-29-46(39-58(54)52-17-8-7-16-51(52)57(53)38-45)50-19-11-20-56-55-18-9-10-21-59(55)62-60(50)56/h1-39H. The molecule has 1 nitrogen and oxygen atoms in total. The van der Waals surface area contributed by atoms with Gasteiger partial charge >= 0.3 is 0 Å². The van der Waals surface area contributed by atoms with Crippen LogP contribution in [0.3, 0.4) is 0 Å². The zero-order chi connectivity index (χ0) is 41.0. The van der Waals surface area contributed by atoms with E-state index in [1.165, 1.54) is 97.0 Å². The van der Waals surface area contributed by atoms with Gasteiger partial charge in [-0.2, -0.15) is 0 Å². The Balaban J connectivity index is 0.928. The lowest BCUT2D eigenvalue weighted by atomic mass is 9.90. The summed E-state index contributed by atoms with van der Waals surface area (Å²) in [5.41, 5.74) is 13.1. The summed E-state index contributed by atoms with van der Waals surface area (Å²) in [7, 11) is 0. The smallest absolute Gasteiger partial charge is 0.0462 e. The van der Waals surface area contributed by atoms with E-state index >= 15 is 0 Å². The van der Waals surface area contributed by atoms with Gasteiger partial charge in [0.1, 0.15) is 0 Å². The maximum Gasteiger partial charge on any atom is 0.0462 e. The molecule has 290 valence electrons. The molecule has 0 aliphatic carbocycles. The molecular formula is C60H39NS. The van der Waals surface area contributed by atoms with Gasteiger partial charge in [-0.05, 0) is 131 Å². The molecule has 0 saturated carbocycles. The molecule has 12 rings (SSSR count). The minimum atomic E-state index is 1.10. The molecule has 0 saturated heterocycles. The zero-order valence-corrected chi connectivity index (χ0v) is 34.7. The van der Waals surface area contributed by atoms with Crippen molar-refractivity contribution in [2.45, 2.75) is 0 Å². The highest BCUT2D eigenvalue weighted by Crippen LogP contribution is 2.44. The maximum atomic E-state index is 2.42. The Morgan fingerprint density at radius 3 is 1.18 bits per heavy atom. The maximum absolute atomic E-state index is 2.42. The van der Waals surface area contributed by atoms with Crippen LogP contribution < -0.4 is 4.90 Å². The van der Waals surface area contributed by atoms with E-state index in [9.17, 15) is 0 Å². The summed E-state index contributed by atoms with van der Waals surface area (Å²) in [5.74, 6) is 0.